The van der Waals surface area contributed by atoms with Crippen LogP contribution in [0.3, 0.4) is 0 Å². The van der Waals surface area contributed by atoms with Gasteiger partial charge >= 0.3 is 5.69 Å². The van der Waals surface area contributed by atoms with E-state index < -0.39 is 5.54 Å². The number of anilines is 1. The monoisotopic (exact) mass is 518 g/mol. The molecule has 0 fully saturated rings. The minimum atomic E-state index is -0.735. The van der Waals surface area contributed by atoms with Crippen LogP contribution in [0.2, 0.25) is 0 Å². The summed E-state index contributed by atoms with van der Waals surface area (Å²) >= 11 is 0. The second-order valence-corrected chi connectivity index (χ2v) is 10.0. The zero-order chi connectivity index (χ0) is 27.3. The lowest BCUT2D eigenvalue weighted by Gasteiger charge is -2.29. The zero-order valence-corrected chi connectivity index (χ0v) is 22.3. The van der Waals surface area contributed by atoms with Crippen molar-refractivity contribution in [2.45, 2.75) is 71.1 Å². The summed E-state index contributed by atoms with van der Waals surface area (Å²) in [4.78, 5) is 32.3. The van der Waals surface area contributed by atoms with Crippen molar-refractivity contribution in [2.75, 3.05) is 12.3 Å². The number of aliphatic hydroxyl groups excluding tert-OH is 1. The van der Waals surface area contributed by atoms with Crippen molar-refractivity contribution in [2.24, 2.45) is 5.73 Å². The number of benzene rings is 2. The maximum absolute atomic E-state index is 13.8. The first-order valence-corrected chi connectivity index (χ1v) is 13.3. The largest absolute Gasteiger partial charge is 0.399 e. The second-order valence-electron chi connectivity index (χ2n) is 10.0. The third kappa shape index (κ3) is 5.74. The van der Waals surface area contributed by atoms with Crippen LogP contribution in [0.1, 0.15) is 50.1 Å². The molecule has 0 radical (unpaired) electrons. The highest BCUT2D eigenvalue weighted by molar-refractivity contribution is 5.71. The molecule has 0 amide bonds. The molecular formula is C29H38N6O3. The zero-order valence-electron chi connectivity index (χ0n) is 22.3. The Morgan fingerprint density at radius 3 is 2.26 bits per heavy atom. The average Bonchev–Trinajstić information content (AvgIpc) is 3.25. The van der Waals surface area contributed by atoms with Crippen LogP contribution in [0.5, 0.6) is 0 Å². The molecule has 1 atom stereocenters. The first kappa shape index (κ1) is 27.3. The SMILES string of the molecule is CCCn1c(=O)c2c(nc(Cc3ccccc3)n2CC(N)(CC)CCO)n(CCc2ccc(N)cc2)c1=O. The molecule has 2 heterocycles. The van der Waals surface area contributed by atoms with Gasteiger partial charge < -0.3 is 21.1 Å². The van der Waals surface area contributed by atoms with E-state index in [0.717, 1.165) is 11.1 Å². The molecule has 9 heteroatoms. The number of rotatable bonds is 12. The summed E-state index contributed by atoms with van der Waals surface area (Å²) < 4.78 is 4.81. The van der Waals surface area contributed by atoms with Gasteiger partial charge in [-0.3, -0.25) is 13.9 Å². The fourth-order valence-corrected chi connectivity index (χ4v) is 4.87. The van der Waals surface area contributed by atoms with Gasteiger partial charge in [-0.1, -0.05) is 56.3 Å². The van der Waals surface area contributed by atoms with Crippen molar-refractivity contribution in [1.29, 1.82) is 0 Å². The molecule has 0 aliphatic rings. The van der Waals surface area contributed by atoms with E-state index in [1.54, 1.807) is 4.57 Å². The smallest absolute Gasteiger partial charge is 0.332 e. The maximum Gasteiger partial charge on any atom is 0.332 e. The van der Waals surface area contributed by atoms with Gasteiger partial charge in [0.25, 0.3) is 5.56 Å². The van der Waals surface area contributed by atoms with Crippen LogP contribution in [0.25, 0.3) is 11.2 Å². The van der Waals surface area contributed by atoms with Gasteiger partial charge in [0, 0.05) is 43.9 Å². The van der Waals surface area contributed by atoms with Crippen molar-refractivity contribution in [3.05, 3.63) is 92.4 Å². The van der Waals surface area contributed by atoms with Crippen molar-refractivity contribution in [3.63, 3.8) is 0 Å². The number of nitrogens with two attached hydrogens (primary N) is 2. The van der Waals surface area contributed by atoms with Gasteiger partial charge in [0.15, 0.2) is 11.2 Å². The Balaban J connectivity index is 1.93. The van der Waals surface area contributed by atoms with Crippen LogP contribution in [-0.2, 0) is 32.5 Å². The van der Waals surface area contributed by atoms with Gasteiger partial charge in [-0.05, 0) is 48.9 Å². The minimum Gasteiger partial charge on any atom is -0.399 e. The summed E-state index contributed by atoms with van der Waals surface area (Å²) in [6.45, 7) is 4.84. The third-order valence-corrected chi connectivity index (χ3v) is 7.24. The highest BCUT2D eigenvalue weighted by Crippen LogP contribution is 2.22. The number of nitrogens with zero attached hydrogens (tertiary/aromatic N) is 4. The number of imidazole rings is 1. The van der Waals surface area contributed by atoms with Crippen LogP contribution in [-0.4, -0.2) is 35.9 Å². The van der Waals surface area contributed by atoms with E-state index in [4.69, 9.17) is 16.5 Å². The van der Waals surface area contributed by atoms with Crippen LogP contribution in [0, 0.1) is 0 Å². The fraction of sp³-hybridized carbons (Fsp3) is 0.414. The second kappa shape index (κ2) is 11.8. The number of aliphatic hydroxyl groups is 1. The Kier molecular flexibility index (Phi) is 8.48. The van der Waals surface area contributed by atoms with E-state index in [9.17, 15) is 14.7 Å². The van der Waals surface area contributed by atoms with Crippen molar-refractivity contribution >= 4 is 16.9 Å². The molecule has 9 nitrogen and oxygen atoms in total. The normalized spacial score (nSPS) is 13.2. The van der Waals surface area contributed by atoms with Crippen LogP contribution in [0.15, 0.2) is 64.2 Å². The van der Waals surface area contributed by atoms with E-state index in [0.29, 0.717) is 74.4 Å². The van der Waals surface area contributed by atoms with Gasteiger partial charge in [0.05, 0.1) is 0 Å². The standard InChI is InChI=1S/C29H38N6O3/c1-3-16-34-27(37)25-26(33(28(34)38)17-14-21-10-12-23(30)13-11-21)32-24(19-22-8-6-5-7-9-22)35(25)20-29(31,4-2)15-18-36/h5-13,36H,3-4,14-20,30-31H2,1-2H3. The molecule has 1 unspecified atom stereocenters. The molecule has 5 N–H and O–H groups in total. The summed E-state index contributed by atoms with van der Waals surface area (Å²) in [5.41, 5.74) is 14.6. The Bertz CT molecular complexity index is 1490. The van der Waals surface area contributed by atoms with Gasteiger partial charge in [-0.25, -0.2) is 9.78 Å². The van der Waals surface area contributed by atoms with Gasteiger partial charge in [0.1, 0.15) is 5.82 Å². The molecule has 0 spiro atoms. The van der Waals surface area contributed by atoms with E-state index in [1.807, 2.05) is 73.0 Å². The van der Waals surface area contributed by atoms with Gasteiger partial charge in [-0.2, -0.15) is 0 Å². The van der Waals surface area contributed by atoms with Crippen molar-refractivity contribution < 1.29 is 5.11 Å². The van der Waals surface area contributed by atoms with Crippen LogP contribution >= 0.6 is 0 Å². The molecule has 2 aromatic heterocycles. The molecule has 0 bridgehead atoms. The molecule has 0 aliphatic heterocycles. The van der Waals surface area contributed by atoms with E-state index in [-0.39, 0.29) is 17.9 Å². The first-order valence-electron chi connectivity index (χ1n) is 13.3. The predicted molar refractivity (Wildman–Crippen MR) is 151 cm³/mol. The van der Waals surface area contributed by atoms with Crippen LogP contribution in [0.4, 0.5) is 5.69 Å². The molecule has 2 aromatic carbocycles. The molecule has 202 valence electrons. The molecular weight excluding hydrogens is 480 g/mol. The van der Waals surface area contributed by atoms with Gasteiger partial charge in [0.2, 0.25) is 0 Å². The third-order valence-electron chi connectivity index (χ3n) is 7.24. The van der Waals surface area contributed by atoms with Crippen LogP contribution < -0.4 is 22.7 Å². The average molecular weight is 519 g/mol. The lowest BCUT2D eigenvalue weighted by molar-refractivity contribution is 0.219. The number of aromatic nitrogens is 4. The predicted octanol–water partition coefficient (Wildman–Crippen LogP) is 2.68. The molecule has 4 aromatic rings. The summed E-state index contributed by atoms with van der Waals surface area (Å²) in [6.07, 6.45) is 2.70. The van der Waals surface area contributed by atoms with Gasteiger partial charge in [-0.15, -0.1) is 0 Å². The number of hydrogen-bond acceptors (Lipinski definition) is 6. The fourth-order valence-electron chi connectivity index (χ4n) is 4.87. The Hall–Kier alpha value is -3.69. The lowest BCUT2D eigenvalue weighted by atomic mass is 9.93. The molecule has 0 saturated heterocycles. The summed E-state index contributed by atoms with van der Waals surface area (Å²) in [5.74, 6) is 0.666. The Morgan fingerprint density at radius 1 is 0.921 bits per heavy atom. The topological polar surface area (TPSA) is 134 Å². The van der Waals surface area contributed by atoms with Crippen molar-refractivity contribution in [3.8, 4) is 0 Å². The van der Waals surface area contributed by atoms with E-state index in [1.165, 1.54) is 4.57 Å². The molecule has 38 heavy (non-hydrogen) atoms. The Morgan fingerprint density at radius 2 is 1.63 bits per heavy atom. The first-order chi connectivity index (χ1) is 18.3. The quantitative estimate of drug-likeness (QED) is 0.247. The summed E-state index contributed by atoms with van der Waals surface area (Å²) in [6, 6.07) is 17.5. The van der Waals surface area contributed by atoms with E-state index >= 15 is 0 Å². The molecule has 4 rings (SSSR count). The highest BCUT2D eigenvalue weighted by Gasteiger charge is 2.28. The maximum atomic E-state index is 13.8. The number of nitrogen functional groups attached to an aromatic ring is 1. The minimum absolute atomic E-state index is 0.0582. The number of aryl methyl sites for hydroxylation is 2. The lowest BCUT2D eigenvalue weighted by Crippen LogP contribution is -2.46. The number of hydrogen-bond donors (Lipinski definition) is 3. The highest BCUT2D eigenvalue weighted by atomic mass is 16.3. The summed E-state index contributed by atoms with van der Waals surface area (Å²) in [5, 5.41) is 9.70. The molecule has 0 saturated carbocycles. The Labute approximate surface area is 222 Å². The van der Waals surface area contributed by atoms with Crippen molar-refractivity contribution in [1.82, 2.24) is 18.7 Å². The van der Waals surface area contributed by atoms with E-state index in [2.05, 4.69) is 0 Å². The molecule has 0 aliphatic carbocycles. The summed E-state index contributed by atoms with van der Waals surface area (Å²) in [7, 11) is 0. The number of fused-ring (bicyclic) bond motifs is 1.